The lowest BCUT2D eigenvalue weighted by molar-refractivity contribution is 0.0724. The molecule has 0 radical (unpaired) electrons. The van der Waals surface area contributed by atoms with Crippen LogP contribution in [0.5, 0.6) is 5.88 Å². The van der Waals surface area contributed by atoms with E-state index in [1.807, 2.05) is 47.2 Å². The van der Waals surface area contributed by atoms with Crippen molar-refractivity contribution in [3.63, 3.8) is 0 Å². The van der Waals surface area contributed by atoms with Gasteiger partial charge in [-0.2, -0.15) is 5.10 Å². The number of rotatable bonds is 4. The van der Waals surface area contributed by atoms with Gasteiger partial charge in [0.2, 0.25) is 5.88 Å². The second-order valence-electron chi connectivity index (χ2n) is 8.29. The summed E-state index contributed by atoms with van der Waals surface area (Å²) in [5.41, 5.74) is 4.17. The van der Waals surface area contributed by atoms with E-state index in [0.717, 1.165) is 18.4 Å². The van der Waals surface area contributed by atoms with E-state index >= 15 is 0 Å². The quantitative estimate of drug-likeness (QED) is 0.664. The number of benzene rings is 1. The van der Waals surface area contributed by atoms with E-state index < -0.39 is 0 Å². The molecule has 1 atom stereocenters. The molecule has 1 aliphatic carbocycles. The van der Waals surface area contributed by atoms with E-state index in [2.05, 4.69) is 28.3 Å². The first-order valence-corrected chi connectivity index (χ1v) is 10.7. The van der Waals surface area contributed by atoms with Crippen molar-refractivity contribution in [3.05, 3.63) is 77.2 Å². The lowest BCUT2D eigenvalue weighted by Gasteiger charge is -2.34. The minimum atomic E-state index is -0.00157. The molecule has 2 aromatic heterocycles. The fourth-order valence-corrected chi connectivity index (χ4v) is 4.60. The summed E-state index contributed by atoms with van der Waals surface area (Å²) < 4.78 is 7.75. The normalized spacial score (nSPS) is 19.0. The fourth-order valence-electron chi connectivity index (χ4n) is 4.60. The summed E-state index contributed by atoms with van der Waals surface area (Å²) in [5, 5.41) is 4.33. The average molecular weight is 402 g/mol. The highest BCUT2D eigenvalue weighted by Gasteiger charge is 2.30. The molecule has 0 unspecified atom stereocenters. The largest absolute Gasteiger partial charge is 0.474 e. The molecule has 5 rings (SSSR count). The number of hydrogen-bond acceptors (Lipinski definition) is 4. The van der Waals surface area contributed by atoms with Gasteiger partial charge in [-0.15, -0.1) is 0 Å². The molecule has 1 amide bonds. The maximum Gasteiger partial charge on any atom is 0.255 e. The molecule has 3 aromatic rings. The van der Waals surface area contributed by atoms with Crippen molar-refractivity contribution in [1.82, 2.24) is 19.7 Å². The highest BCUT2D eigenvalue weighted by molar-refractivity contribution is 5.94. The highest BCUT2D eigenvalue weighted by Crippen LogP contribution is 2.34. The molecule has 1 fully saturated rings. The number of aromatic nitrogens is 3. The van der Waals surface area contributed by atoms with Crippen LogP contribution in [0, 0.1) is 0 Å². The molecule has 1 saturated carbocycles. The van der Waals surface area contributed by atoms with Crippen molar-refractivity contribution in [1.29, 1.82) is 0 Å². The molecule has 3 heterocycles. The molecule has 6 heteroatoms. The Balaban J connectivity index is 1.36. The summed E-state index contributed by atoms with van der Waals surface area (Å²) in [7, 11) is 1.92. The lowest BCUT2D eigenvalue weighted by atomic mass is 9.86. The molecule has 1 aliphatic heterocycles. The molecule has 0 N–H and O–H groups in total. The number of carbonyl (C=O) groups is 1. The molecule has 2 aliphatic rings. The molecule has 154 valence electrons. The van der Waals surface area contributed by atoms with E-state index in [-0.39, 0.29) is 17.9 Å². The molecular weight excluding hydrogens is 376 g/mol. The predicted molar refractivity (Wildman–Crippen MR) is 113 cm³/mol. The fraction of sp³-hybridized carbons (Fsp3) is 0.375. The summed E-state index contributed by atoms with van der Waals surface area (Å²) in [6.07, 6.45) is 10.4. The molecular formula is C24H26N4O2. The smallest absolute Gasteiger partial charge is 0.255 e. The zero-order valence-corrected chi connectivity index (χ0v) is 17.2. The second-order valence-corrected chi connectivity index (χ2v) is 8.29. The van der Waals surface area contributed by atoms with E-state index in [4.69, 9.17) is 4.74 Å². The Morgan fingerprint density at radius 1 is 1.10 bits per heavy atom. The Hall–Kier alpha value is -3.15. The molecule has 0 spiro atoms. The summed E-state index contributed by atoms with van der Waals surface area (Å²) in [5.74, 6) is 0.722. The van der Waals surface area contributed by atoms with Gasteiger partial charge in [-0.25, -0.2) is 4.98 Å². The second kappa shape index (κ2) is 7.94. The highest BCUT2D eigenvalue weighted by atomic mass is 16.5. The number of hydrogen-bond donors (Lipinski definition) is 0. The molecule has 0 saturated heterocycles. The maximum absolute atomic E-state index is 13.3. The van der Waals surface area contributed by atoms with Crippen LogP contribution in [-0.4, -0.2) is 38.2 Å². The predicted octanol–water partition coefficient (Wildman–Crippen LogP) is 3.92. The van der Waals surface area contributed by atoms with E-state index in [1.54, 1.807) is 6.20 Å². The van der Waals surface area contributed by atoms with Crippen LogP contribution < -0.4 is 4.74 Å². The number of fused-ring (bicyclic) bond motifs is 1. The van der Waals surface area contributed by atoms with Crippen LogP contribution in [0.15, 0.2) is 55.0 Å². The van der Waals surface area contributed by atoms with Crippen LogP contribution in [0.3, 0.4) is 0 Å². The first-order valence-electron chi connectivity index (χ1n) is 10.7. The number of amides is 1. The van der Waals surface area contributed by atoms with Crippen LogP contribution >= 0.6 is 0 Å². The Bertz CT molecular complexity index is 1040. The first kappa shape index (κ1) is 18.9. The monoisotopic (exact) mass is 402 g/mol. The summed E-state index contributed by atoms with van der Waals surface area (Å²) in [6.45, 7) is 1.23. The Morgan fingerprint density at radius 3 is 2.67 bits per heavy atom. The Kier molecular flexibility index (Phi) is 4.99. The van der Waals surface area contributed by atoms with Gasteiger partial charge in [0.05, 0.1) is 11.8 Å². The van der Waals surface area contributed by atoms with Gasteiger partial charge in [-0.05, 0) is 48.4 Å². The number of carbonyl (C=O) groups excluding carboxylic acids is 1. The Morgan fingerprint density at radius 2 is 1.93 bits per heavy atom. The molecule has 1 aromatic carbocycles. The standard InChI is InChI=1S/C24H26N4O2/c1-27-14-19(13-26-27)22-16-28(15-18-6-2-5-9-21(18)22)24(29)17-10-11-23(25-12-17)30-20-7-3-4-8-20/h2,5-6,9-14,20,22H,3-4,7-8,15-16H2,1H3/t22-/m1/s1. The van der Waals surface area contributed by atoms with E-state index in [0.29, 0.717) is 24.5 Å². The molecule has 6 nitrogen and oxygen atoms in total. The van der Waals surface area contributed by atoms with Gasteiger partial charge in [-0.3, -0.25) is 9.48 Å². The van der Waals surface area contributed by atoms with Gasteiger partial charge in [0.25, 0.3) is 5.91 Å². The number of pyridine rings is 1. The van der Waals surface area contributed by atoms with Crippen molar-refractivity contribution in [2.75, 3.05) is 6.54 Å². The van der Waals surface area contributed by atoms with Gasteiger partial charge in [0.15, 0.2) is 0 Å². The van der Waals surface area contributed by atoms with Crippen molar-refractivity contribution >= 4 is 5.91 Å². The minimum Gasteiger partial charge on any atom is -0.474 e. The SMILES string of the molecule is Cn1cc([C@H]2CN(C(=O)c3ccc(OC4CCCC4)nc3)Cc3ccccc32)cn1. The van der Waals surface area contributed by atoms with Gasteiger partial charge in [0, 0.05) is 44.5 Å². The van der Waals surface area contributed by atoms with Gasteiger partial charge in [-0.1, -0.05) is 24.3 Å². The van der Waals surface area contributed by atoms with Crippen LogP contribution in [0.2, 0.25) is 0 Å². The van der Waals surface area contributed by atoms with Crippen molar-refractivity contribution in [2.45, 2.75) is 44.2 Å². The van der Waals surface area contributed by atoms with Crippen LogP contribution in [-0.2, 0) is 13.6 Å². The molecule has 30 heavy (non-hydrogen) atoms. The van der Waals surface area contributed by atoms with Crippen molar-refractivity contribution in [3.8, 4) is 5.88 Å². The van der Waals surface area contributed by atoms with Crippen LogP contribution in [0.4, 0.5) is 0 Å². The third-order valence-corrected chi connectivity index (χ3v) is 6.18. The van der Waals surface area contributed by atoms with E-state index in [1.165, 1.54) is 24.0 Å². The topological polar surface area (TPSA) is 60.2 Å². The Labute approximate surface area is 176 Å². The van der Waals surface area contributed by atoms with Gasteiger partial charge >= 0.3 is 0 Å². The summed E-state index contributed by atoms with van der Waals surface area (Å²) in [6, 6.07) is 12.0. The average Bonchev–Trinajstić information content (AvgIpc) is 3.45. The van der Waals surface area contributed by atoms with Crippen LogP contribution in [0.25, 0.3) is 0 Å². The number of aryl methyl sites for hydroxylation is 1. The van der Waals surface area contributed by atoms with Crippen molar-refractivity contribution in [2.24, 2.45) is 7.05 Å². The number of ether oxygens (including phenoxy) is 1. The third kappa shape index (κ3) is 3.70. The zero-order valence-electron chi connectivity index (χ0n) is 17.2. The van der Waals surface area contributed by atoms with Crippen LogP contribution in [0.1, 0.15) is 58.6 Å². The minimum absolute atomic E-state index is 0.00157. The zero-order chi connectivity index (χ0) is 20.5. The third-order valence-electron chi connectivity index (χ3n) is 6.18. The van der Waals surface area contributed by atoms with Gasteiger partial charge < -0.3 is 9.64 Å². The number of nitrogens with zero attached hydrogens (tertiary/aromatic N) is 4. The lowest BCUT2D eigenvalue weighted by Crippen LogP contribution is -2.38. The maximum atomic E-state index is 13.3. The van der Waals surface area contributed by atoms with Gasteiger partial charge in [0.1, 0.15) is 6.10 Å². The summed E-state index contributed by atoms with van der Waals surface area (Å²) >= 11 is 0. The summed E-state index contributed by atoms with van der Waals surface area (Å²) in [4.78, 5) is 19.6. The van der Waals surface area contributed by atoms with Crippen molar-refractivity contribution < 1.29 is 9.53 Å². The first-order chi connectivity index (χ1) is 14.7. The van der Waals surface area contributed by atoms with E-state index in [9.17, 15) is 4.79 Å². The molecule has 0 bridgehead atoms.